The third kappa shape index (κ3) is 4.99. The topological polar surface area (TPSA) is 94.4 Å². The molecular weight excluding hydrogens is 490 g/mol. The van der Waals surface area contributed by atoms with Crippen LogP contribution < -0.4 is 4.74 Å². The van der Waals surface area contributed by atoms with Crippen molar-refractivity contribution in [3.63, 3.8) is 0 Å². The maximum absolute atomic E-state index is 13.1. The highest BCUT2D eigenvalue weighted by atomic mass is 32.2. The Hall–Kier alpha value is -2.92. The lowest BCUT2D eigenvalue weighted by Crippen LogP contribution is -2.47. The first kappa shape index (κ1) is 24.8. The minimum absolute atomic E-state index is 0.0100. The van der Waals surface area contributed by atoms with Crippen LogP contribution in [-0.2, 0) is 9.84 Å². The van der Waals surface area contributed by atoms with Gasteiger partial charge in [-0.2, -0.15) is 13.9 Å². The largest absolute Gasteiger partial charge is 0.435 e. The molecule has 0 unspecified atom stereocenters. The van der Waals surface area contributed by atoms with Crippen molar-refractivity contribution in [1.29, 1.82) is 0 Å². The molecule has 0 N–H and O–H groups in total. The van der Waals surface area contributed by atoms with Gasteiger partial charge in [0, 0.05) is 29.2 Å². The second kappa shape index (κ2) is 9.19. The molecule has 5 rings (SSSR count). The van der Waals surface area contributed by atoms with Crippen LogP contribution in [0.4, 0.5) is 8.78 Å². The third-order valence-electron chi connectivity index (χ3n) is 6.96. The number of ketones is 1. The molecule has 36 heavy (non-hydrogen) atoms. The van der Waals surface area contributed by atoms with E-state index in [-0.39, 0.29) is 35.5 Å². The van der Waals surface area contributed by atoms with Crippen LogP contribution in [0.15, 0.2) is 36.5 Å². The van der Waals surface area contributed by atoms with Crippen LogP contribution in [0, 0.1) is 5.41 Å². The Morgan fingerprint density at radius 2 is 1.94 bits per heavy atom. The van der Waals surface area contributed by atoms with E-state index in [1.165, 1.54) is 18.3 Å². The number of hydrogen-bond donors (Lipinski definition) is 0. The zero-order valence-electron chi connectivity index (χ0n) is 20.2. The zero-order valence-corrected chi connectivity index (χ0v) is 21.0. The fraction of sp³-hybridized carbons (Fsp3) is 0.480. The molecule has 11 heteroatoms. The second-order valence-electron chi connectivity index (χ2n) is 10.3. The molecule has 0 saturated carbocycles. The quantitative estimate of drug-likeness (QED) is 0.437. The average molecular weight is 519 g/mol. The molecule has 3 aromatic rings. The van der Waals surface area contributed by atoms with Crippen LogP contribution in [0.2, 0.25) is 0 Å². The van der Waals surface area contributed by atoms with E-state index in [0.29, 0.717) is 27.9 Å². The van der Waals surface area contributed by atoms with E-state index in [4.69, 9.17) is 5.10 Å². The summed E-state index contributed by atoms with van der Waals surface area (Å²) in [6.07, 6.45) is 3.36. The van der Waals surface area contributed by atoms with Gasteiger partial charge in [0.05, 0.1) is 23.1 Å². The summed E-state index contributed by atoms with van der Waals surface area (Å²) in [7, 11) is -0.993. The van der Waals surface area contributed by atoms with Crippen molar-refractivity contribution in [2.24, 2.45) is 5.41 Å². The van der Waals surface area contributed by atoms with Gasteiger partial charge in [-0.25, -0.2) is 8.42 Å². The van der Waals surface area contributed by atoms with Crippen molar-refractivity contribution in [2.75, 3.05) is 31.6 Å². The first-order chi connectivity index (χ1) is 17.0. The number of carbonyl (C=O) groups excluding carboxylic acids is 1. The highest BCUT2D eigenvalue weighted by Crippen LogP contribution is 2.38. The van der Waals surface area contributed by atoms with Crippen LogP contribution in [0.5, 0.6) is 5.75 Å². The van der Waals surface area contributed by atoms with Gasteiger partial charge in [0.15, 0.2) is 15.6 Å². The number of Topliss-reactive ketones (excluding diaryl/α,β-unsaturated/α-hetero) is 1. The lowest BCUT2D eigenvalue weighted by atomic mass is 9.86. The van der Waals surface area contributed by atoms with Gasteiger partial charge in [-0.05, 0) is 51.2 Å². The van der Waals surface area contributed by atoms with E-state index in [0.717, 1.165) is 25.9 Å². The van der Waals surface area contributed by atoms with Crippen molar-refractivity contribution in [2.45, 2.75) is 38.8 Å². The summed E-state index contributed by atoms with van der Waals surface area (Å²) in [6, 6.07) is 8.22. The van der Waals surface area contributed by atoms with E-state index >= 15 is 0 Å². The molecule has 0 amide bonds. The van der Waals surface area contributed by atoms with Crippen molar-refractivity contribution in [3.8, 4) is 17.0 Å². The highest BCUT2D eigenvalue weighted by Gasteiger charge is 2.45. The number of hydrogen-bond acceptors (Lipinski definition) is 7. The second-order valence-corrected chi connectivity index (χ2v) is 12.3. The molecule has 0 aliphatic carbocycles. The number of nitrogens with zero attached hydrogens (tertiary/aromatic N) is 4. The number of alkyl halides is 2. The number of piperidine rings is 1. The Morgan fingerprint density at radius 3 is 2.61 bits per heavy atom. The fourth-order valence-electron chi connectivity index (χ4n) is 5.31. The SMILES string of the molecule is CN1CCC(n2nc(-c3cccc(OC(F)F)c3)c3ncc(C(=O)CC4(C)CS(=O)(=O)C4)cc32)CC1. The lowest BCUT2D eigenvalue weighted by Gasteiger charge is -2.37. The number of benzene rings is 1. The Labute approximate surface area is 208 Å². The number of carbonyl (C=O) groups is 1. The lowest BCUT2D eigenvalue weighted by molar-refractivity contribution is -0.0498. The van der Waals surface area contributed by atoms with E-state index < -0.39 is 21.9 Å². The molecule has 2 saturated heterocycles. The van der Waals surface area contributed by atoms with Crippen molar-refractivity contribution < 1.29 is 26.7 Å². The molecule has 2 fully saturated rings. The van der Waals surface area contributed by atoms with Gasteiger partial charge in [-0.3, -0.25) is 14.5 Å². The molecule has 0 spiro atoms. The summed E-state index contributed by atoms with van der Waals surface area (Å²) in [5.41, 5.74) is 2.22. The number of halogens is 2. The van der Waals surface area contributed by atoms with Crippen LogP contribution in [-0.4, -0.2) is 72.1 Å². The number of likely N-dealkylation sites (tertiary alicyclic amines) is 1. The van der Waals surface area contributed by atoms with E-state index in [2.05, 4.69) is 21.7 Å². The smallest absolute Gasteiger partial charge is 0.387 e. The first-order valence-corrected chi connectivity index (χ1v) is 13.7. The number of ether oxygens (including phenoxy) is 1. The van der Waals surface area contributed by atoms with Gasteiger partial charge < -0.3 is 9.64 Å². The summed E-state index contributed by atoms with van der Waals surface area (Å²) in [4.78, 5) is 19.9. The molecule has 2 aromatic heterocycles. The normalized spacial score (nSPS) is 19.9. The molecular formula is C25H28F2N4O4S. The molecule has 8 nitrogen and oxygen atoms in total. The monoisotopic (exact) mass is 518 g/mol. The minimum Gasteiger partial charge on any atom is -0.435 e. The van der Waals surface area contributed by atoms with Crippen LogP contribution >= 0.6 is 0 Å². The Morgan fingerprint density at radius 1 is 1.22 bits per heavy atom. The minimum atomic E-state index is -3.06. The number of fused-ring (bicyclic) bond motifs is 1. The first-order valence-electron chi connectivity index (χ1n) is 11.9. The van der Waals surface area contributed by atoms with Gasteiger partial charge in [-0.1, -0.05) is 19.1 Å². The Kier molecular flexibility index (Phi) is 6.32. The van der Waals surface area contributed by atoms with E-state index in [1.54, 1.807) is 18.2 Å². The van der Waals surface area contributed by atoms with Crippen LogP contribution in [0.25, 0.3) is 22.3 Å². The van der Waals surface area contributed by atoms with Gasteiger partial charge in [-0.15, -0.1) is 0 Å². The van der Waals surface area contributed by atoms with Crippen molar-refractivity contribution in [1.82, 2.24) is 19.7 Å². The van der Waals surface area contributed by atoms with Gasteiger partial charge in [0.2, 0.25) is 0 Å². The predicted molar refractivity (Wildman–Crippen MR) is 131 cm³/mol. The third-order valence-corrected chi connectivity index (χ3v) is 9.23. The average Bonchev–Trinajstić information content (AvgIpc) is 3.16. The van der Waals surface area contributed by atoms with Crippen molar-refractivity contribution in [3.05, 3.63) is 42.1 Å². The van der Waals surface area contributed by atoms with E-state index in [1.807, 2.05) is 11.6 Å². The number of sulfone groups is 1. The molecule has 0 radical (unpaired) electrons. The zero-order chi connectivity index (χ0) is 25.7. The standard InChI is InChI=1S/C25H28F2N4O4S/c1-25(14-36(33,34)15-25)12-21(32)17-11-20-23(28-13-17)22(16-4-3-5-19(10-16)35-24(26)27)29-31(20)18-6-8-30(2)9-7-18/h3-5,10-11,13,18,24H,6-9,12,14-15H2,1-2H3. The molecule has 4 heterocycles. The molecule has 0 atom stereocenters. The number of aromatic nitrogens is 3. The summed E-state index contributed by atoms with van der Waals surface area (Å²) in [5, 5.41) is 4.85. The van der Waals surface area contributed by atoms with Gasteiger partial charge in [0.25, 0.3) is 0 Å². The molecule has 2 aliphatic heterocycles. The van der Waals surface area contributed by atoms with E-state index in [9.17, 15) is 22.0 Å². The molecule has 1 aromatic carbocycles. The number of pyridine rings is 1. The highest BCUT2D eigenvalue weighted by molar-refractivity contribution is 7.92. The van der Waals surface area contributed by atoms with Gasteiger partial charge >= 0.3 is 6.61 Å². The van der Waals surface area contributed by atoms with Gasteiger partial charge in [0.1, 0.15) is 17.0 Å². The number of rotatable bonds is 7. The van der Waals surface area contributed by atoms with Crippen molar-refractivity contribution >= 4 is 26.7 Å². The molecule has 0 bridgehead atoms. The summed E-state index contributed by atoms with van der Waals surface area (Å²) < 4.78 is 55.4. The van der Waals surface area contributed by atoms with Crippen LogP contribution in [0.3, 0.4) is 0 Å². The maximum atomic E-state index is 13.1. The summed E-state index contributed by atoms with van der Waals surface area (Å²) >= 11 is 0. The summed E-state index contributed by atoms with van der Waals surface area (Å²) in [6.45, 7) is 0.677. The predicted octanol–water partition coefficient (Wildman–Crippen LogP) is 3.97. The Balaban J connectivity index is 1.54. The maximum Gasteiger partial charge on any atom is 0.387 e. The molecule has 2 aliphatic rings. The molecule has 192 valence electrons. The van der Waals surface area contributed by atoms with Crippen LogP contribution in [0.1, 0.15) is 42.6 Å². The fourth-order valence-corrected chi connectivity index (χ4v) is 7.56. The summed E-state index contributed by atoms with van der Waals surface area (Å²) in [5.74, 6) is -0.113. The Bertz CT molecular complexity index is 1400.